The van der Waals surface area contributed by atoms with Gasteiger partial charge in [0.1, 0.15) is 5.82 Å². The zero-order valence-corrected chi connectivity index (χ0v) is 13.6. The Labute approximate surface area is 141 Å². The fourth-order valence-electron chi connectivity index (χ4n) is 1.90. The molecule has 0 radical (unpaired) electrons. The maximum Gasteiger partial charge on any atom is 0.453 e. The summed E-state index contributed by atoms with van der Waals surface area (Å²) in [4.78, 5) is 0. The Balaban J connectivity index is 1.84. The molecule has 10 heteroatoms. The molecular weight excluding hydrogens is 399 g/mol. The lowest BCUT2D eigenvalue weighted by atomic mass is 10.2. The Morgan fingerprint density at radius 1 is 1.17 bits per heavy atom. The minimum Gasteiger partial charge on any atom is -0.365 e. The number of hydrogen-bond acceptors (Lipinski definition) is 4. The number of anilines is 1. The summed E-state index contributed by atoms with van der Waals surface area (Å²) < 4.78 is 39.9. The first-order valence-electron chi connectivity index (χ1n) is 6.32. The van der Waals surface area contributed by atoms with Crippen LogP contribution >= 0.6 is 27.5 Å². The lowest BCUT2D eigenvalue weighted by Crippen LogP contribution is -2.13. The van der Waals surface area contributed by atoms with Crippen LogP contribution in [0.2, 0.25) is 5.02 Å². The molecule has 0 fully saturated rings. The third-order valence-corrected chi connectivity index (χ3v) is 4.21. The summed E-state index contributed by atoms with van der Waals surface area (Å²) >= 11 is 9.28. The Hall–Kier alpha value is -1.87. The molecule has 0 aliphatic carbocycles. The van der Waals surface area contributed by atoms with Crippen molar-refractivity contribution < 1.29 is 13.2 Å². The number of rotatable bonds is 3. The SMILES string of the molecule is FC(F)(F)c1nnc2ccc(NCc3ccc(Br)c(Cl)c3)nn12. The molecule has 0 spiro atoms. The minimum atomic E-state index is -4.62. The van der Waals surface area contributed by atoms with E-state index in [-0.39, 0.29) is 11.5 Å². The van der Waals surface area contributed by atoms with E-state index in [0.29, 0.717) is 16.1 Å². The largest absolute Gasteiger partial charge is 0.453 e. The molecule has 5 nitrogen and oxygen atoms in total. The highest BCUT2D eigenvalue weighted by Gasteiger charge is 2.37. The average Bonchev–Trinajstić information content (AvgIpc) is 2.91. The van der Waals surface area contributed by atoms with Gasteiger partial charge in [0, 0.05) is 11.0 Å². The normalized spacial score (nSPS) is 11.9. The summed E-state index contributed by atoms with van der Waals surface area (Å²) in [5.74, 6) is -0.898. The number of nitrogens with one attached hydrogen (secondary N) is 1. The van der Waals surface area contributed by atoms with Crippen molar-refractivity contribution in [3.8, 4) is 0 Å². The second-order valence-corrected chi connectivity index (χ2v) is 5.87. The van der Waals surface area contributed by atoms with Gasteiger partial charge in [0.15, 0.2) is 5.65 Å². The third-order valence-electron chi connectivity index (χ3n) is 2.97. The van der Waals surface area contributed by atoms with Crippen LogP contribution in [-0.4, -0.2) is 19.8 Å². The summed E-state index contributed by atoms with van der Waals surface area (Å²) in [5.41, 5.74) is 0.884. The number of hydrogen-bond donors (Lipinski definition) is 1. The fourth-order valence-corrected chi connectivity index (χ4v) is 2.35. The third kappa shape index (κ3) is 3.40. The van der Waals surface area contributed by atoms with Crippen molar-refractivity contribution in [2.75, 3.05) is 5.32 Å². The summed E-state index contributed by atoms with van der Waals surface area (Å²) in [7, 11) is 0. The van der Waals surface area contributed by atoms with Crippen LogP contribution in [0, 0.1) is 0 Å². The summed E-state index contributed by atoms with van der Waals surface area (Å²) in [6.07, 6.45) is -4.62. The first-order valence-corrected chi connectivity index (χ1v) is 7.49. The van der Waals surface area contributed by atoms with Gasteiger partial charge in [-0.2, -0.15) is 17.7 Å². The highest BCUT2D eigenvalue weighted by molar-refractivity contribution is 9.10. The van der Waals surface area contributed by atoms with Crippen molar-refractivity contribution >= 4 is 39.0 Å². The van der Waals surface area contributed by atoms with Crippen LogP contribution in [0.5, 0.6) is 0 Å². The van der Waals surface area contributed by atoms with Crippen LogP contribution in [0.15, 0.2) is 34.8 Å². The maximum absolute atomic E-state index is 12.8. The van der Waals surface area contributed by atoms with Gasteiger partial charge in [0.2, 0.25) is 0 Å². The van der Waals surface area contributed by atoms with Crippen LogP contribution in [0.25, 0.3) is 5.65 Å². The Bertz CT molecular complexity index is 864. The maximum atomic E-state index is 12.8. The van der Waals surface area contributed by atoms with Crippen LogP contribution in [0.3, 0.4) is 0 Å². The van der Waals surface area contributed by atoms with E-state index < -0.39 is 12.0 Å². The molecule has 0 atom stereocenters. The number of halogens is 5. The molecule has 1 N–H and O–H groups in total. The molecule has 2 aromatic heterocycles. The Kier molecular flexibility index (Phi) is 4.15. The number of benzene rings is 1. The second-order valence-electron chi connectivity index (χ2n) is 4.61. The summed E-state index contributed by atoms with van der Waals surface area (Å²) in [6, 6.07) is 8.31. The molecule has 0 saturated carbocycles. The molecule has 0 aliphatic heterocycles. The molecule has 23 heavy (non-hydrogen) atoms. The van der Waals surface area contributed by atoms with E-state index in [4.69, 9.17) is 11.6 Å². The van der Waals surface area contributed by atoms with E-state index in [0.717, 1.165) is 10.0 Å². The molecule has 120 valence electrons. The van der Waals surface area contributed by atoms with Gasteiger partial charge in [-0.3, -0.25) is 0 Å². The van der Waals surface area contributed by atoms with E-state index in [9.17, 15) is 13.2 Å². The topological polar surface area (TPSA) is 55.1 Å². The minimum absolute atomic E-state index is 0.0227. The zero-order valence-electron chi connectivity index (χ0n) is 11.3. The van der Waals surface area contributed by atoms with E-state index in [2.05, 4.69) is 36.5 Å². The quantitative estimate of drug-likeness (QED) is 0.709. The Morgan fingerprint density at radius 3 is 2.65 bits per heavy atom. The van der Waals surface area contributed by atoms with Crippen molar-refractivity contribution in [1.29, 1.82) is 0 Å². The van der Waals surface area contributed by atoms with Gasteiger partial charge in [0.05, 0.1) is 5.02 Å². The van der Waals surface area contributed by atoms with Gasteiger partial charge in [-0.15, -0.1) is 15.3 Å². The smallest absolute Gasteiger partial charge is 0.365 e. The molecule has 3 rings (SSSR count). The molecule has 0 bridgehead atoms. The molecule has 3 aromatic rings. The fraction of sp³-hybridized carbons (Fsp3) is 0.154. The number of aromatic nitrogens is 4. The monoisotopic (exact) mass is 405 g/mol. The van der Waals surface area contributed by atoms with Crippen LogP contribution in [0.1, 0.15) is 11.4 Å². The van der Waals surface area contributed by atoms with E-state index in [1.54, 1.807) is 12.1 Å². The van der Waals surface area contributed by atoms with Gasteiger partial charge in [-0.1, -0.05) is 17.7 Å². The van der Waals surface area contributed by atoms with Crippen LogP contribution in [0.4, 0.5) is 19.0 Å². The van der Waals surface area contributed by atoms with Gasteiger partial charge >= 0.3 is 6.18 Å². The van der Waals surface area contributed by atoms with Crippen molar-refractivity contribution in [2.24, 2.45) is 0 Å². The predicted molar refractivity (Wildman–Crippen MR) is 82.3 cm³/mol. The molecular formula is C13H8BrClF3N5. The first kappa shape index (κ1) is 16.0. The van der Waals surface area contributed by atoms with Crippen LogP contribution < -0.4 is 5.32 Å². The highest BCUT2D eigenvalue weighted by Crippen LogP contribution is 2.27. The molecule has 0 saturated heterocycles. The Morgan fingerprint density at radius 2 is 1.96 bits per heavy atom. The molecule has 1 aromatic carbocycles. The lowest BCUT2D eigenvalue weighted by molar-refractivity contribution is -0.146. The van der Waals surface area contributed by atoms with Crippen molar-refractivity contribution in [3.63, 3.8) is 0 Å². The average molecular weight is 407 g/mol. The molecule has 0 amide bonds. The number of alkyl halides is 3. The predicted octanol–water partition coefficient (Wildman–Crippen LogP) is 4.17. The van der Waals surface area contributed by atoms with Gasteiger partial charge < -0.3 is 5.32 Å². The van der Waals surface area contributed by atoms with E-state index in [1.165, 1.54) is 12.1 Å². The van der Waals surface area contributed by atoms with Gasteiger partial charge in [-0.05, 0) is 45.8 Å². The number of fused-ring (bicyclic) bond motifs is 1. The van der Waals surface area contributed by atoms with Crippen LogP contribution in [-0.2, 0) is 12.7 Å². The molecule has 0 aliphatic rings. The lowest BCUT2D eigenvalue weighted by Gasteiger charge is -2.08. The van der Waals surface area contributed by atoms with Gasteiger partial charge in [0.25, 0.3) is 5.82 Å². The van der Waals surface area contributed by atoms with E-state index >= 15 is 0 Å². The summed E-state index contributed by atoms with van der Waals surface area (Å²) in [5, 5.41) is 13.9. The summed E-state index contributed by atoms with van der Waals surface area (Å²) in [6.45, 7) is 0.356. The molecule has 2 heterocycles. The number of nitrogens with zero attached hydrogens (tertiary/aromatic N) is 4. The van der Waals surface area contributed by atoms with Crippen molar-refractivity contribution in [3.05, 3.63) is 51.2 Å². The highest BCUT2D eigenvalue weighted by atomic mass is 79.9. The zero-order chi connectivity index (χ0) is 16.6. The second kappa shape index (κ2) is 5.97. The standard InChI is InChI=1S/C13H8BrClF3N5/c14-8-2-1-7(5-9(8)15)6-19-10-3-4-11-20-21-12(13(16,17)18)23(11)22-10/h1-5H,6H2,(H,19,22). The van der Waals surface area contributed by atoms with E-state index in [1.807, 2.05) is 6.07 Å². The molecule has 0 unspecified atom stereocenters. The first-order chi connectivity index (χ1) is 10.8. The van der Waals surface area contributed by atoms with Gasteiger partial charge in [-0.25, -0.2) is 0 Å². The van der Waals surface area contributed by atoms with Crippen molar-refractivity contribution in [1.82, 2.24) is 19.8 Å². The van der Waals surface area contributed by atoms with Crippen molar-refractivity contribution in [2.45, 2.75) is 12.7 Å².